The van der Waals surface area contributed by atoms with Crippen molar-refractivity contribution >= 4 is 11.8 Å². The van der Waals surface area contributed by atoms with Gasteiger partial charge in [0.25, 0.3) is 0 Å². The highest BCUT2D eigenvalue weighted by Crippen LogP contribution is 2.28. The van der Waals surface area contributed by atoms with Gasteiger partial charge in [0.2, 0.25) is 11.8 Å². The fraction of sp³-hybridized carbons (Fsp3) is 0.846. The summed E-state index contributed by atoms with van der Waals surface area (Å²) >= 11 is 0. The number of hydrogen-bond donors (Lipinski definition) is 2. The molecule has 1 unspecified atom stereocenters. The summed E-state index contributed by atoms with van der Waals surface area (Å²) in [6.45, 7) is 2.85. The second-order valence-corrected chi connectivity index (χ2v) is 5.51. The van der Waals surface area contributed by atoms with E-state index in [0.717, 1.165) is 25.2 Å². The third-order valence-electron chi connectivity index (χ3n) is 4.00. The van der Waals surface area contributed by atoms with Crippen LogP contribution in [0.25, 0.3) is 0 Å². The molecular formula is C13H22N2O2. The summed E-state index contributed by atoms with van der Waals surface area (Å²) in [5, 5.41) is 5.86. The number of nitrogens with one attached hydrogen (secondary N) is 2. The first-order valence-corrected chi connectivity index (χ1v) is 6.72. The number of amides is 2. The minimum absolute atomic E-state index is 0.0991. The highest BCUT2D eigenvalue weighted by atomic mass is 16.2. The van der Waals surface area contributed by atoms with Gasteiger partial charge < -0.3 is 10.6 Å². The predicted octanol–water partition coefficient (Wildman–Crippen LogP) is 1.21. The second kappa shape index (κ2) is 5.52. The van der Waals surface area contributed by atoms with E-state index in [0.29, 0.717) is 13.0 Å². The molecule has 0 aromatic carbocycles. The van der Waals surface area contributed by atoms with Crippen molar-refractivity contribution in [3.05, 3.63) is 0 Å². The Bertz CT molecular complexity index is 286. The predicted molar refractivity (Wildman–Crippen MR) is 65.3 cm³/mol. The molecule has 2 amide bonds. The average molecular weight is 238 g/mol. The fourth-order valence-electron chi connectivity index (χ4n) is 2.70. The minimum Gasteiger partial charge on any atom is -0.354 e. The van der Waals surface area contributed by atoms with Gasteiger partial charge in [0, 0.05) is 24.9 Å². The van der Waals surface area contributed by atoms with Crippen molar-refractivity contribution in [2.75, 3.05) is 6.54 Å². The summed E-state index contributed by atoms with van der Waals surface area (Å²) in [5.74, 6) is 1.26. The quantitative estimate of drug-likeness (QED) is 0.759. The highest BCUT2D eigenvalue weighted by Gasteiger charge is 2.27. The summed E-state index contributed by atoms with van der Waals surface area (Å²) in [6.07, 6.45) is 5.69. The lowest BCUT2D eigenvalue weighted by Crippen LogP contribution is -2.49. The van der Waals surface area contributed by atoms with Gasteiger partial charge in [-0.05, 0) is 38.0 Å². The molecular weight excluding hydrogens is 216 g/mol. The van der Waals surface area contributed by atoms with E-state index in [1.54, 1.807) is 0 Å². The molecule has 1 aliphatic heterocycles. The molecule has 0 aromatic rings. The molecule has 96 valence electrons. The van der Waals surface area contributed by atoms with Crippen molar-refractivity contribution in [2.24, 2.45) is 11.8 Å². The van der Waals surface area contributed by atoms with Crippen molar-refractivity contribution in [3.63, 3.8) is 0 Å². The van der Waals surface area contributed by atoms with Crippen LogP contribution in [0.5, 0.6) is 0 Å². The molecule has 1 saturated heterocycles. The normalized spacial score (nSPS) is 33.9. The number of carbonyl (C=O) groups excluding carboxylic acids is 2. The van der Waals surface area contributed by atoms with Gasteiger partial charge in [0.05, 0.1) is 0 Å². The van der Waals surface area contributed by atoms with E-state index in [9.17, 15) is 9.59 Å². The molecule has 2 fully saturated rings. The molecule has 0 spiro atoms. The fourth-order valence-corrected chi connectivity index (χ4v) is 2.70. The second-order valence-electron chi connectivity index (χ2n) is 5.51. The van der Waals surface area contributed by atoms with E-state index in [4.69, 9.17) is 0 Å². The first kappa shape index (κ1) is 12.4. The van der Waals surface area contributed by atoms with Crippen LogP contribution in [-0.2, 0) is 9.59 Å². The SMILES string of the molecule is CC1CCC(C(=O)NC2CCC(=O)NC2)CC1. The van der Waals surface area contributed by atoms with Crippen molar-refractivity contribution in [1.29, 1.82) is 0 Å². The topological polar surface area (TPSA) is 58.2 Å². The zero-order chi connectivity index (χ0) is 12.3. The number of hydrogen-bond acceptors (Lipinski definition) is 2. The first-order chi connectivity index (χ1) is 8.15. The number of rotatable bonds is 2. The van der Waals surface area contributed by atoms with Crippen LogP contribution < -0.4 is 10.6 Å². The minimum atomic E-state index is 0.0991. The summed E-state index contributed by atoms with van der Waals surface area (Å²) in [5.41, 5.74) is 0. The van der Waals surface area contributed by atoms with Gasteiger partial charge in [-0.3, -0.25) is 9.59 Å². The van der Waals surface area contributed by atoms with E-state index in [1.165, 1.54) is 12.8 Å². The molecule has 2 N–H and O–H groups in total. The van der Waals surface area contributed by atoms with Crippen molar-refractivity contribution in [1.82, 2.24) is 10.6 Å². The Hall–Kier alpha value is -1.06. The average Bonchev–Trinajstić information content (AvgIpc) is 2.33. The number of piperidine rings is 1. The van der Waals surface area contributed by atoms with E-state index in [1.807, 2.05) is 0 Å². The lowest BCUT2D eigenvalue weighted by atomic mass is 9.82. The molecule has 0 bridgehead atoms. The van der Waals surface area contributed by atoms with E-state index in [2.05, 4.69) is 17.6 Å². The van der Waals surface area contributed by atoms with E-state index < -0.39 is 0 Å². The first-order valence-electron chi connectivity index (χ1n) is 6.72. The van der Waals surface area contributed by atoms with Gasteiger partial charge >= 0.3 is 0 Å². The molecule has 4 heteroatoms. The zero-order valence-corrected chi connectivity index (χ0v) is 10.5. The summed E-state index contributed by atoms with van der Waals surface area (Å²) in [7, 11) is 0. The third kappa shape index (κ3) is 3.45. The molecule has 0 aromatic heterocycles. The Morgan fingerprint density at radius 2 is 1.94 bits per heavy atom. The molecule has 2 rings (SSSR count). The van der Waals surface area contributed by atoms with Crippen LogP contribution >= 0.6 is 0 Å². The molecule has 17 heavy (non-hydrogen) atoms. The maximum absolute atomic E-state index is 12.0. The lowest BCUT2D eigenvalue weighted by molar-refractivity contribution is -0.128. The maximum Gasteiger partial charge on any atom is 0.223 e. The van der Waals surface area contributed by atoms with Crippen LogP contribution in [-0.4, -0.2) is 24.4 Å². The Balaban J connectivity index is 1.75. The standard InChI is InChI=1S/C13H22N2O2/c1-9-2-4-10(5-3-9)13(17)15-11-6-7-12(16)14-8-11/h9-11H,2-8H2,1H3,(H,14,16)(H,15,17). The third-order valence-corrected chi connectivity index (χ3v) is 4.00. The van der Waals surface area contributed by atoms with Crippen LogP contribution in [0.4, 0.5) is 0 Å². The monoisotopic (exact) mass is 238 g/mol. The Morgan fingerprint density at radius 3 is 2.53 bits per heavy atom. The molecule has 0 radical (unpaired) electrons. The Morgan fingerprint density at radius 1 is 1.24 bits per heavy atom. The van der Waals surface area contributed by atoms with Crippen molar-refractivity contribution < 1.29 is 9.59 Å². The maximum atomic E-state index is 12.0. The summed E-state index contributed by atoms with van der Waals surface area (Å²) in [4.78, 5) is 23.0. The Labute approximate surface area is 103 Å². The van der Waals surface area contributed by atoms with Gasteiger partial charge in [-0.1, -0.05) is 6.92 Å². The molecule has 1 saturated carbocycles. The Kier molecular flexibility index (Phi) is 4.02. The van der Waals surface area contributed by atoms with Crippen molar-refractivity contribution in [2.45, 2.75) is 51.5 Å². The van der Waals surface area contributed by atoms with Gasteiger partial charge in [0.1, 0.15) is 0 Å². The zero-order valence-electron chi connectivity index (χ0n) is 10.5. The van der Waals surface area contributed by atoms with E-state index in [-0.39, 0.29) is 23.8 Å². The lowest BCUT2D eigenvalue weighted by Gasteiger charge is -2.29. The van der Waals surface area contributed by atoms with Gasteiger partial charge in [-0.25, -0.2) is 0 Å². The number of carbonyl (C=O) groups is 2. The summed E-state index contributed by atoms with van der Waals surface area (Å²) < 4.78 is 0. The molecule has 1 aliphatic carbocycles. The van der Waals surface area contributed by atoms with Gasteiger partial charge in [-0.2, -0.15) is 0 Å². The van der Waals surface area contributed by atoms with Gasteiger partial charge in [-0.15, -0.1) is 0 Å². The molecule has 2 aliphatic rings. The van der Waals surface area contributed by atoms with E-state index >= 15 is 0 Å². The van der Waals surface area contributed by atoms with Crippen LogP contribution in [0.3, 0.4) is 0 Å². The van der Waals surface area contributed by atoms with Crippen molar-refractivity contribution in [3.8, 4) is 0 Å². The molecule has 4 nitrogen and oxygen atoms in total. The van der Waals surface area contributed by atoms with Crippen LogP contribution in [0.1, 0.15) is 45.4 Å². The smallest absolute Gasteiger partial charge is 0.223 e. The largest absolute Gasteiger partial charge is 0.354 e. The highest BCUT2D eigenvalue weighted by molar-refractivity contribution is 5.80. The summed E-state index contributed by atoms with van der Waals surface area (Å²) in [6, 6.07) is 0.138. The van der Waals surface area contributed by atoms with Crippen LogP contribution in [0.15, 0.2) is 0 Å². The van der Waals surface area contributed by atoms with Crippen LogP contribution in [0, 0.1) is 11.8 Å². The molecule has 1 heterocycles. The molecule has 1 atom stereocenters. The van der Waals surface area contributed by atoms with Crippen LogP contribution in [0.2, 0.25) is 0 Å². The van der Waals surface area contributed by atoms with Gasteiger partial charge in [0.15, 0.2) is 0 Å².